The molecule has 0 saturated carbocycles. The second-order valence-electron chi connectivity index (χ2n) is 11.5. The molecule has 0 spiro atoms. The van der Waals surface area contributed by atoms with Gasteiger partial charge in [0.25, 0.3) is 0 Å². The number of hydrogen-bond donors (Lipinski definition) is 0. The van der Waals surface area contributed by atoms with Crippen LogP contribution in [0.3, 0.4) is 0 Å². The Balaban J connectivity index is 1.15. The highest BCUT2D eigenvalue weighted by atomic mass is 16.3. The lowest BCUT2D eigenvalue weighted by atomic mass is 10.1. The van der Waals surface area contributed by atoms with Crippen LogP contribution in [0.4, 0.5) is 0 Å². The van der Waals surface area contributed by atoms with Crippen molar-refractivity contribution in [2.24, 2.45) is 0 Å². The highest BCUT2D eigenvalue weighted by molar-refractivity contribution is 6.11. The third kappa shape index (κ3) is 3.49. The molecular weight excluding hydrogens is 552 g/mol. The van der Waals surface area contributed by atoms with E-state index in [1.807, 2.05) is 6.07 Å². The van der Waals surface area contributed by atoms with Crippen molar-refractivity contribution in [3.05, 3.63) is 146 Å². The van der Waals surface area contributed by atoms with E-state index in [-0.39, 0.29) is 0 Å². The SMILES string of the molecule is c1cc(-c2ncc3oc4ccc(-n5c6ccccc6c6ccccc65)cc4c3n2)cc(-n2c3ccccc3c3ccccc32)c1. The van der Waals surface area contributed by atoms with Gasteiger partial charge < -0.3 is 13.6 Å². The second kappa shape index (κ2) is 9.15. The number of fused-ring (bicyclic) bond motifs is 9. The first-order valence-corrected chi connectivity index (χ1v) is 15.1. The Labute approximate surface area is 257 Å². The molecule has 0 radical (unpaired) electrons. The molecule has 210 valence electrons. The van der Waals surface area contributed by atoms with Gasteiger partial charge in [0.1, 0.15) is 11.1 Å². The van der Waals surface area contributed by atoms with Crippen molar-refractivity contribution in [2.45, 2.75) is 0 Å². The molecule has 5 heteroatoms. The predicted octanol–water partition coefficient (Wildman–Crippen LogP) is 10.2. The summed E-state index contributed by atoms with van der Waals surface area (Å²) in [7, 11) is 0. The van der Waals surface area contributed by atoms with Gasteiger partial charge in [-0.1, -0.05) is 84.9 Å². The molecule has 10 aromatic rings. The van der Waals surface area contributed by atoms with Crippen LogP contribution in [0.5, 0.6) is 0 Å². The van der Waals surface area contributed by atoms with Crippen molar-refractivity contribution >= 4 is 65.7 Å². The van der Waals surface area contributed by atoms with Crippen LogP contribution < -0.4 is 0 Å². The average molecular weight is 577 g/mol. The summed E-state index contributed by atoms with van der Waals surface area (Å²) < 4.78 is 10.9. The summed E-state index contributed by atoms with van der Waals surface area (Å²) in [5.74, 6) is 0.662. The van der Waals surface area contributed by atoms with Gasteiger partial charge in [0, 0.05) is 43.9 Å². The Hall–Kier alpha value is -6.20. The normalized spacial score (nSPS) is 12.0. The number of para-hydroxylation sites is 4. The van der Waals surface area contributed by atoms with Gasteiger partial charge in [0.05, 0.1) is 28.3 Å². The van der Waals surface area contributed by atoms with E-state index in [1.54, 1.807) is 6.20 Å². The quantitative estimate of drug-likeness (QED) is 0.210. The van der Waals surface area contributed by atoms with Crippen LogP contribution in [0.1, 0.15) is 0 Å². The zero-order chi connectivity index (χ0) is 29.5. The Kier molecular flexibility index (Phi) is 4.93. The van der Waals surface area contributed by atoms with E-state index in [2.05, 4.69) is 143 Å². The highest BCUT2D eigenvalue weighted by Crippen LogP contribution is 2.36. The number of hydrogen-bond acceptors (Lipinski definition) is 3. The molecule has 0 unspecified atom stereocenters. The number of aromatic nitrogens is 4. The summed E-state index contributed by atoms with van der Waals surface area (Å²) in [6.07, 6.45) is 1.80. The maximum atomic E-state index is 6.23. The largest absolute Gasteiger partial charge is 0.453 e. The Morgan fingerprint density at radius 3 is 1.56 bits per heavy atom. The van der Waals surface area contributed by atoms with Crippen LogP contribution in [0.2, 0.25) is 0 Å². The standard InChI is InChI=1S/C40H24N4O/c1-5-16-33-28(12-1)29-13-2-6-17-34(29)43(33)26-11-9-10-25(22-26)40-41-24-38-39(42-40)32-23-27(20-21-37(32)45-38)44-35-18-7-3-14-30(35)31-15-4-8-19-36(31)44/h1-24H. The monoisotopic (exact) mass is 576 g/mol. The first-order chi connectivity index (χ1) is 22.3. The Morgan fingerprint density at radius 1 is 0.444 bits per heavy atom. The first kappa shape index (κ1) is 24.3. The van der Waals surface area contributed by atoms with E-state index in [4.69, 9.17) is 14.4 Å². The molecule has 0 aliphatic carbocycles. The molecule has 0 saturated heterocycles. The summed E-state index contributed by atoms with van der Waals surface area (Å²) in [6, 6.07) is 49.0. The minimum atomic E-state index is 0.662. The minimum Gasteiger partial charge on any atom is -0.453 e. The second-order valence-corrected chi connectivity index (χ2v) is 11.5. The van der Waals surface area contributed by atoms with Crippen molar-refractivity contribution in [1.29, 1.82) is 0 Å². The zero-order valence-electron chi connectivity index (χ0n) is 24.1. The lowest BCUT2D eigenvalue weighted by Crippen LogP contribution is -1.95. The molecule has 0 fully saturated rings. The molecule has 0 bridgehead atoms. The van der Waals surface area contributed by atoms with Crippen molar-refractivity contribution in [3.8, 4) is 22.8 Å². The van der Waals surface area contributed by atoms with E-state index in [0.29, 0.717) is 11.4 Å². The molecule has 4 aromatic heterocycles. The number of furan rings is 1. The Morgan fingerprint density at radius 2 is 0.978 bits per heavy atom. The smallest absolute Gasteiger partial charge is 0.172 e. The summed E-state index contributed by atoms with van der Waals surface area (Å²) in [5.41, 5.74) is 10.0. The number of nitrogens with zero attached hydrogens (tertiary/aromatic N) is 4. The topological polar surface area (TPSA) is 48.8 Å². The van der Waals surface area contributed by atoms with Crippen molar-refractivity contribution in [1.82, 2.24) is 19.1 Å². The highest BCUT2D eigenvalue weighted by Gasteiger charge is 2.17. The molecule has 4 heterocycles. The van der Waals surface area contributed by atoms with Gasteiger partial charge in [-0.05, 0) is 54.6 Å². The van der Waals surface area contributed by atoms with E-state index < -0.39 is 0 Å². The predicted molar refractivity (Wildman–Crippen MR) is 183 cm³/mol. The van der Waals surface area contributed by atoms with Crippen LogP contribution >= 0.6 is 0 Å². The Bertz CT molecular complexity index is 2670. The van der Waals surface area contributed by atoms with Crippen LogP contribution in [0.25, 0.3) is 88.4 Å². The lowest BCUT2D eigenvalue weighted by molar-refractivity contribution is 0.666. The van der Waals surface area contributed by atoms with E-state index in [9.17, 15) is 0 Å². The van der Waals surface area contributed by atoms with E-state index in [1.165, 1.54) is 43.6 Å². The van der Waals surface area contributed by atoms with E-state index in [0.717, 1.165) is 33.4 Å². The zero-order valence-corrected chi connectivity index (χ0v) is 24.1. The third-order valence-electron chi connectivity index (χ3n) is 8.97. The molecule has 5 nitrogen and oxygen atoms in total. The molecule has 45 heavy (non-hydrogen) atoms. The third-order valence-corrected chi connectivity index (χ3v) is 8.97. The maximum absolute atomic E-state index is 6.23. The maximum Gasteiger partial charge on any atom is 0.172 e. The molecule has 10 rings (SSSR count). The summed E-state index contributed by atoms with van der Waals surface area (Å²) in [5, 5.41) is 5.91. The van der Waals surface area contributed by atoms with Crippen LogP contribution in [-0.4, -0.2) is 19.1 Å². The van der Waals surface area contributed by atoms with Gasteiger partial charge in [-0.25, -0.2) is 9.97 Å². The van der Waals surface area contributed by atoms with Gasteiger partial charge in [-0.2, -0.15) is 0 Å². The fourth-order valence-corrected chi connectivity index (χ4v) is 7.01. The van der Waals surface area contributed by atoms with Crippen LogP contribution in [0, 0.1) is 0 Å². The minimum absolute atomic E-state index is 0.662. The molecule has 6 aromatic carbocycles. The van der Waals surface area contributed by atoms with Gasteiger partial charge in [-0.15, -0.1) is 0 Å². The van der Waals surface area contributed by atoms with Crippen molar-refractivity contribution in [3.63, 3.8) is 0 Å². The number of benzene rings is 6. The van der Waals surface area contributed by atoms with E-state index >= 15 is 0 Å². The van der Waals surface area contributed by atoms with Gasteiger partial charge in [0.2, 0.25) is 0 Å². The number of rotatable bonds is 3. The van der Waals surface area contributed by atoms with Gasteiger partial charge in [-0.3, -0.25) is 0 Å². The molecule has 0 aliphatic rings. The molecule has 0 aliphatic heterocycles. The molecule has 0 amide bonds. The lowest BCUT2D eigenvalue weighted by Gasteiger charge is -2.09. The summed E-state index contributed by atoms with van der Waals surface area (Å²) in [6.45, 7) is 0. The van der Waals surface area contributed by atoms with Crippen LogP contribution in [-0.2, 0) is 0 Å². The summed E-state index contributed by atoms with van der Waals surface area (Å²) in [4.78, 5) is 9.86. The molecular formula is C40H24N4O. The fourth-order valence-electron chi connectivity index (χ4n) is 7.01. The van der Waals surface area contributed by atoms with Gasteiger partial charge >= 0.3 is 0 Å². The summed E-state index contributed by atoms with van der Waals surface area (Å²) >= 11 is 0. The van der Waals surface area contributed by atoms with Crippen LogP contribution in [0.15, 0.2) is 150 Å². The van der Waals surface area contributed by atoms with Crippen molar-refractivity contribution in [2.75, 3.05) is 0 Å². The molecule has 0 atom stereocenters. The molecule has 0 N–H and O–H groups in total. The fraction of sp³-hybridized carbons (Fsp3) is 0. The van der Waals surface area contributed by atoms with Crippen molar-refractivity contribution < 1.29 is 4.42 Å². The van der Waals surface area contributed by atoms with Gasteiger partial charge in [0.15, 0.2) is 11.4 Å². The first-order valence-electron chi connectivity index (χ1n) is 15.1. The average Bonchev–Trinajstić information content (AvgIpc) is 3.75.